The van der Waals surface area contributed by atoms with Gasteiger partial charge in [0.1, 0.15) is 0 Å². The maximum atomic E-state index is 12.0. The van der Waals surface area contributed by atoms with Crippen LogP contribution in [-0.2, 0) is 7.05 Å². The summed E-state index contributed by atoms with van der Waals surface area (Å²) in [5, 5.41) is 12.2. The van der Waals surface area contributed by atoms with Crippen LogP contribution in [0.1, 0.15) is 37.0 Å². The lowest BCUT2D eigenvalue weighted by Crippen LogP contribution is -2.39. The molecule has 0 fully saturated rings. The van der Waals surface area contributed by atoms with E-state index in [9.17, 15) is 14.7 Å². The van der Waals surface area contributed by atoms with Gasteiger partial charge in [-0.1, -0.05) is 13.8 Å². The average Bonchev–Trinajstić information content (AvgIpc) is 2.43. The van der Waals surface area contributed by atoms with Crippen molar-refractivity contribution < 1.29 is 9.90 Å². The van der Waals surface area contributed by atoms with E-state index in [-0.39, 0.29) is 23.5 Å². The van der Waals surface area contributed by atoms with Crippen LogP contribution in [0.2, 0.25) is 0 Å². The van der Waals surface area contributed by atoms with Crippen LogP contribution < -0.4 is 10.9 Å². The number of aromatic nitrogens is 1. The Labute approximate surface area is 113 Å². The minimum absolute atomic E-state index is 0.0385. The molecule has 1 aromatic rings. The van der Waals surface area contributed by atoms with E-state index in [1.165, 1.54) is 10.6 Å². The Morgan fingerprint density at radius 1 is 1.42 bits per heavy atom. The number of amides is 1. The molecule has 0 saturated carbocycles. The Bertz CT molecular complexity index is 481. The highest BCUT2D eigenvalue weighted by atomic mass is 16.3. The molecule has 0 unspecified atom stereocenters. The highest BCUT2D eigenvalue weighted by molar-refractivity contribution is 5.93. The number of hydrogen-bond acceptors (Lipinski definition) is 3. The summed E-state index contributed by atoms with van der Waals surface area (Å²) in [6, 6.07) is 2.92. The van der Waals surface area contributed by atoms with Crippen molar-refractivity contribution >= 4 is 5.91 Å². The number of carbonyl (C=O) groups is 1. The maximum Gasteiger partial charge on any atom is 0.251 e. The van der Waals surface area contributed by atoms with Crippen LogP contribution in [0.4, 0.5) is 0 Å². The average molecular weight is 266 g/mol. The summed E-state index contributed by atoms with van der Waals surface area (Å²) in [7, 11) is 1.63. The summed E-state index contributed by atoms with van der Waals surface area (Å²) in [6.45, 7) is 4.43. The van der Waals surface area contributed by atoms with Crippen LogP contribution in [0.15, 0.2) is 23.1 Å². The van der Waals surface area contributed by atoms with Gasteiger partial charge in [-0.3, -0.25) is 9.59 Å². The van der Waals surface area contributed by atoms with Gasteiger partial charge in [-0.25, -0.2) is 0 Å². The van der Waals surface area contributed by atoms with Crippen molar-refractivity contribution in [2.75, 3.05) is 13.2 Å². The SMILES string of the molecule is CCC(CC)(CO)CNC(=O)c1ccn(C)c(=O)c1. The van der Waals surface area contributed by atoms with Crippen molar-refractivity contribution in [3.8, 4) is 0 Å². The molecule has 2 N–H and O–H groups in total. The molecule has 19 heavy (non-hydrogen) atoms. The molecule has 5 heteroatoms. The number of aryl methyl sites for hydroxylation is 1. The number of pyridine rings is 1. The fourth-order valence-corrected chi connectivity index (χ4v) is 1.84. The number of aliphatic hydroxyl groups is 1. The lowest BCUT2D eigenvalue weighted by Gasteiger charge is -2.29. The largest absolute Gasteiger partial charge is 0.396 e. The normalized spacial score (nSPS) is 11.4. The van der Waals surface area contributed by atoms with E-state index in [0.29, 0.717) is 12.1 Å². The first kappa shape index (κ1) is 15.4. The standard InChI is InChI=1S/C14H22N2O3/c1-4-14(5-2,10-17)9-15-13(19)11-6-7-16(3)12(18)8-11/h6-8,17H,4-5,9-10H2,1-3H3,(H,15,19). The van der Waals surface area contributed by atoms with Crippen molar-refractivity contribution in [3.63, 3.8) is 0 Å². The van der Waals surface area contributed by atoms with Gasteiger partial charge in [-0.15, -0.1) is 0 Å². The molecule has 0 aliphatic heterocycles. The summed E-state index contributed by atoms with van der Waals surface area (Å²) < 4.78 is 1.41. The van der Waals surface area contributed by atoms with Crippen LogP contribution in [0.3, 0.4) is 0 Å². The van der Waals surface area contributed by atoms with E-state index in [4.69, 9.17) is 0 Å². The van der Waals surface area contributed by atoms with Gasteiger partial charge in [0.05, 0.1) is 6.61 Å². The molecular weight excluding hydrogens is 244 g/mol. The minimum Gasteiger partial charge on any atom is -0.396 e. The second-order valence-electron chi connectivity index (χ2n) is 4.91. The lowest BCUT2D eigenvalue weighted by molar-refractivity contribution is 0.0851. The summed E-state index contributed by atoms with van der Waals surface area (Å²) in [4.78, 5) is 23.4. The van der Waals surface area contributed by atoms with E-state index in [2.05, 4.69) is 5.32 Å². The van der Waals surface area contributed by atoms with Gasteiger partial charge in [0, 0.05) is 36.8 Å². The summed E-state index contributed by atoms with van der Waals surface area (Å²) in [6.07, 6.45) is 3.14. The molecule has 1 amide bonds. The predicted molar refractivity (Wildman–Crippen MR) is 74.1 cm³/mol. The number of nitrogens with zero attached hydrogens (tertiary/aromatic N) is 1. The fourth-order valence-electron chi connectivity index (χ4n) is 1.84. The van der Waals surface area contributed by atoms with Gasteiger partial charge in [0.25, 0.3) is 11.5 Å². The number of aliphatic hydroxyl groups excluding tert-OH is 1. The van der Waals surface area contributed by atoms with Crippen molar-refractivity contribution in [3.05, 3.63) is 34.2 Å². The molecule has 0 atom stereocenters. The van der Waals surface area contributed by atoms with Crippen molar-refractivity contribution in [2.24, 2.45) is 12.5 Å². The van der Waals surface area contributed by atoms with E-state index in [0.717, 1.165) is 12.8 Å². The van der Waals surface area contributed by atoms with Gasteiger partial charge in [0.15, 0.2) is 0 Å². The Morgan fingerprint density at radius 2 is 2.05 bits per heavy atom. The second-order valence-corrected chi connectivity index (χ2v) is 4.91. The molecule has 106 valence electrons. The first-order valence-electron chi connectivity index (χ1n) is 6.53. The van der Waals surface area contributed by atoms with E-state index in [1.54, 1.807) is 19.3 Å². The van der Waals surface area contributed by atoms with Crippen LogP contribution in [0.5, 0.6) is 0 Å². The summed E-state index contributed by atoms with van der Waals surface area (Å²) in [5.74, 6) is -0.280. The van der Waals surface area contributed by atoms with E-state index < -0.39 is 0 Å². The number of rotatable bonds is 6. The molecule has 0 aromatic carbocycles. The minimum atomic E-state index is -0.282. The van der Waals surface area contributed by atoms with Gasteiger partial charge >= 0.3 is 0 Å². The molecule has 1 aromatic heterocycles. The topological polar surface area (TPSA) is 71.3 Å². The Balaban J connectivity index is 2.75. The predicted octanol–water partition coefficient (Wildman–Crippen LogP) is 0.914. The van der Waals surface area contributed by atoms with E-state index >= 15 is 0 Å². The molecule has 0 spiro atoms. The first-order chi connectivity index (χ1) is 8.98. The smallest absolute Gasteiger partial charge is 0.251 e. The quantitative estimate of drug-likeness (QED) is 0.804. The van der Waals surface area contributed by atoms with Crippen LogP contribution in [-0.4, -0.2) is 28.7 Å². The fraction of sp³-hybridized carbons (Fsp3) is 0.571. The van der Waals surface area contributed by atoms with Gasteiger partial charge in [-0.2, -0.15) is 0 Å². The molecule has 0 aliphatic rings. The van der Waals surface area contributed by atoms with Crippen molar-refractivity contribution in [1.82, 2.24) is 9.88 Å². The maximum absolute atomic E-state index is 12.0. The molecule has 1 rings (SSSR count). The third-order valence-corrected chi connectivity index (χ3v) is 3.83. The van der Waals surface area contributed by atoms with Crippen molar-refractivity contribution in [2.45, 2.75) is 26.7 Å². The Kier molecular flexibility index (Phi) is 5.30. The molecule has 5 nitrogen and oxygen atoms in total. The zero-order valence-electron chi connectivity index (χ0n) is 11.8. The molecule has 1 heterocycles. The summed E-state index contributed by atoms with van der Waals surface area (Å²) in [5.41, 5.74) is -0.149. The van der Waals surface area contributed by atoms with E-state index in [1.807, 2.05) is 13.8 Å². The number of nitrogens with one attached hydrogen (secondary N) is 1. The second kappa shape index (κ2) is 6.52. The van der Waals surface area contributed by atoms with Gasteiger partial charge < -0.3 is 15.0 Å². The number of hydrogen-bond donors (Lipinski definition) is 2. The van der Waals surface area contributed by atoms with Crippen LogP contribution >= 0.6 is 0 Å². The molecule has 0 bridgehead atoms. The Hall–Kier alpha value is -1.62. The van der Waals surface area contributed by atoms with Gasteiger partial charge in [-0.05, 0) is 18.9 Å². The third kappa shape index (κ3) is 3.67. The zero-order valence-corrected chi connectivity index (χ0v) is 11.8. The first-order valence-corrected chi connectivity index (χ1v) is 6.53. The molecule has 0 saturated heterocycles. The molecule has 0 radical (unpaired) electrons. The third-order valence-electron chi connectivity index (χ3n) is 3.83. The highest BCUT2D eigenvalue weighted by Crippen LogP contribution is 2.24. The van der Waals surface area contributed by atoms with Gasteiger partial charge in [0.2, 0.25) is 0 Å². The van der Waals surface area contributed by atoms with Crippen LogP contribution in [0, 0.1) is 5.41 Å². The molecular formula is C14H22N2O3. The van der Waals surface area contributed by atoms with Crippen LogP contribution in [0.25, 0.3) is 0 Å². The zero-order chi connectivity index (χ0) is 14.5. The monoisotopic (exact) mass is 266 g/mol. The summed E-state index contributed by atoms with van der Waals surface area (Å²) >= 11 is 0. The lowest BCUT2D eigenvalue weighted by atomic mass is 9.83. The highest BCUT2D eigenvalue weighted by Gasteiger charge is 2.25. The number of carbonyl (C=O) groups excluding carboxylic acids is 1. The molecule has 0 aliphatic carbocycles. The van der Waals surface area contributed by atoms with Crippen molar-refractivity contribution in [1.29, 1.82) is 0 Å². The Morgan fingerprint density at radius 3 is 2.53 bits per heavy atom.